The predicted octanol–water partition coefficient (Wildman–Crippen LogP) is 3.40. The van der Waals surface area contributed by atoms with E-state index in [1.807, 2.05) is 6.92 Å². The minimum absolute atomic E-state index is 0.244. The first-order chi connectivity index (χ1) is 8.10. The molecule has 0 amide bonds. The SMILES string of the molecule is C=CC(=O)OC(C)NC(C)CCCCCCC. The summed E-state index contributed by atoms with van der Waals surface area (Å²) < 4.78 is 5.05. The number of hydrogen-bond donors (Lipinski definition) is 1. The van der Waals surface area contributed by atoms with Gasteiger partial charge in [0.25, 0.3) is 0 Å². The standard InChI is InChI=1S/C14H27NO2/c1-5-7-8-9-10-11-12(3)15-13(4)17-14(16)6-2/h6,12-13,15H,2,5,7-11H2,1,3-4H3. The summed E-state index contributed by atoms with van der Waals surface area (Å²) in [6.45, 7) is 9.56. The Balaban J connectivity index is 3.53. The molecule has 1 N–H and O–H groups in total. The van der Waals surface area contributed by atoms with Gasteiger partial charge in [-0.3, -0.25) is 5.32 Å². The zero-order chi connectivity index (χ0) is 13.1. The average molecular weight is 241 g/mol. The van der Waals surface area contributed by atoms with E-state index in [1.165, 1.54) is 38.2 Å². The maximum Gasteiger partial charge on any atom is 0.331 e. The van der Waals surface area contributed by atoms with E-state index in [0.29, 0.717) is 6.04 Å². The highest BCUT2D eigenvalue weighted by Crippen LogP contribution is 2.07. The van der Waals surface area contributed by atoms with Crippen LogP contribution in [0, 0.1) is 0 Å². The summed E-state index contributed by atoms with van der Waals surface area (Å²) in [4.78, 5) is 11.0. The van der Waals surface area contributed by atoms with Gasteiger partial charge in [0.2, 0.25) is 0 Å². The fraction of sp³-hybridized carbons (Fsp3) is 0.786. The Hall–Kier alpha value is -0.830. The summed E-state index contributed by atoms with van der Waals surface area (Å²) in [5.41, 5.74) is 0. The van der Waals surface area contributed by atoms with Crippen molar-refractivity contribution in [2.24, 2.45) is 0 Å². The summed E-state index contributed by atoms with van der Waals surface area (Å²) in [5, 5.41) is 3.25. The molecule has 2 atom stereocenters. The highest BCUT2D eigenvalue weighted by molar-refractivity contribution is 5.81. The van der Waals surface area contributed by atoms with E-state index in [2.05, 4.69) is 25.7 Å². The third-order valence-corrected chi connectivity index (χ3v) is 2.72. The van der Waals surface area contributed by atoms with Crippen molar-refractivity contribution in [3.05, 3.63) is 12.7 Å². The van der Waals surface area contributed by atoms with Crippen LogP contribution in [0.5, 0.6) is 0 Å². The molecule has 0 aromatic heterocycles. The molecule has 0 aliphatic heterocycles. The monoisotopic (exact) mass is 241 g/mol. The van der Waals surface area contributed by atoms with Crippen molar-refractivity contribution in [3.8, 4) is 0 Å². The van der Waals surface area contributed by atoms with E-state index in [9.17, 15) is 4.79 Å². The lowest BCUT2D eigenvalue weighted by Gasteiger charge is -2.19. The Morgan fingerprint density at radius 2 is 1.94 bits per heavy atom. The Kier molecular flexibility index (Phi) is 9.83. The lowest BCUT2D eigenvalue weighted by Crippen LogP contribution is -2.37. The molecule has 0 saturated carbocycles. The van der Waals surface area contributed by atoms with Gasteiger partial charge in [0.15, 0.2) is 6.23 Å². The van der Waals surface area contributed by atoms with Gasteiger partial charge in [-0.2, -0.15) is 0 Å². The van der Waals surface area contributed by atoms with Gasteiger partial charge in [-0.1, -0.05) is 45.6 Å². The van der Waals surface area contributed by atoms with E-state index in [0.717, 1.165) is 6.42 Å². The van der Waals surface area contributed by atoms with Gasteiger partial charge < -0.3 is 4.74 Å². The Labute approximate surface area is 106 Å². The van der Waals surface area contributed by atoms with Gasteiger partial charge in [-0.05, 0) is 20.3 Å². The van der Waals surface area contributed by atoms with E-state index in [1.54, 1.807) is 0 Å². The molecule has 0 fully saturated rings. The predicted molar refractivity (Wildman–Crippen MR) is 71.7 cm³/mol. The summed E-state index contributed by atoms with van der Waals surface area (Å²) in [7, 11) is 0. The topological polar surface area (TPSA) is 38.3 Å². The molecule has 0 spiro atoms. The minimum atomic E-state index is -0.375. The van der Waals surface area contributed by atoms with E-state index >= 15 is 0 Å². The van der Waals surface area contributed by atoms with Crippen LogP contribution < -0.4 is 5.32 Å². The van der Waals surface area contributed by atoms with Crippen LogP contribution in [0.4, 0.5) is 0 Å². The van der Waals surface area contributed by atoms with Gasteiger partial charge in [0.1, 0.15) is 0 Å². The fourth-order valence-electron chi connectivity index (χ4n) is 1.79. The highest BCUT2D eigenvalue weighted by Gasteiger charge is 2.09. The molecule has 0 aromatic carbocycles. The van der Waals surface area contributed by atoms with Crippen LogP contribution in [0.1, 0.15) is 59.3 Å². The largest absolute Gasteiger partial charge is 0.444 e. The van der Waals surface area contributed by atoms with Crippen LogP contribution >= 0.6 is 0 Å². The molecular weight excluding hydrogens is 214 g/mol. The second-order valence-corrected chi connectivity index (χ2v) is 4.55. The molecule has 2 unspecified atom stereocenters. The third-order valence-electron chi connectivity index (χ3n) is 2.72. The van der Waals surface area contributed by atoms with E-state index in [4.69, 9.17) is 4.74 Å². The molecule has 0 bridgehead atoms. The molecular formula is C14H27NO2. The van der Waals surface area contributed by atoms with Crippen molar-refractivity contribution < 1.29 is 9.53 Å². The first-order valence-electron chi connectivity index (χ1n) is 6.69. The summed E-state index contributed by atoms with van der Waals surface area (Å²) in [6.07, 6.45) is 8.53. The second-order valence-electron chi connectivity index (χ2n) is 4.55. The number of ether oxygens (including phenoxy) is 1. The number of carbonyl (C=O) groups excluding carboxylic acids is 1. The van der Waals surface area contributed by atoms with Gasteiger partial charge in [0.05, 0.1) is 0 Å². The molecule has 0 aromatic rings. The number of esters is 1. The lowest BCUT2D eigenvalue weighted by molar-refractivity contribution is -0.143. The van der Waals surface area contributed by atoms with Crippen molar-refractivity contribution in [1.82, 2.24) is 5.32 Å². The molecule has 0 aliphatic rings. The molecule has 0 radical (unpaired) electrons. The van der Waals surface area contributed by atoms with Crippen LogP contribution in [0.3, 0.4) is 0 Å². The van der Waals surface area contributed by atoms with Crippen LogP contribution in [0.15, 0.2) is 12.7 Å². The van der Waals surface area contributed by atoms with Crippen molar-refractivity contribution in [2.75, 3.05) is 0 Å². The molecule has 3 heteroatoms. The zero-order valence-corrected chi connectivity index (χ0v) is 11.5. The molecule has 100 valence electrons. The number of unbranched alkanes of at least 4 members (excludes halogenated alkanes) is 4. The fourth-order valence-corrected chi connectivity index (χ4v) is 1.79. The van der Waals surface area contributed by atoms with Gasteiger partial charge in [-0.25, -0.2) is 4.79 Å². The molecule has 0 rings (SSSR count). The van der Waals surface area contributed by atoms with Crippen LogP contribution in [0.2, 0.25) is 0 Å². The van der Waals surface area contributed by atoms with Crippen molar-refractivity contribution in [3.63, 3.8) is 0 Å². The average Bonchev–Trinajstić information content (AvgIpc) is 2.28. The Bertz CT molecular complexity index is 216. The van der Waals surface area contributed by atoms with E-state index < -0.39 is 0 Å². The first-order valence-corrected chi connectivity index (χ1v) is 6.69. The third kappa shape index (κ3) is 10.1. The number of nitrogens with one attached hydrogen (secondary N) is 1. The molecule has 0 heterocycles. The van der Waals surface area contributed by atoms with Crippen LogP contribution in [-0.4, -0.2) is 18.2 Å². The van der Waals surface area contributed by atoms with E-state index in [-0.39, 0.29) is 12.2 Å². The Morgan fingerprint density at radius 3 is 2.53 bits per heavy atom. The number of carbonyl (C=O) groups is 1. The lowest BCUT2D eigenvalue weighted by atomic mass is 10.1. The van der Waals surface area contributed by atoms with Crippen LogP contribution in [-0.2, 0) is 9.53 Å². The smallest absolute Gasteiger partial charge is 0.331 e. The zero-order valence-electron chi connectivity index (χ0n) is 11.5. The van der Waals surface area contributed by atoms with Crippen molar-refractivity contribution in [2.45, 2.75) is 71.6 Å². The molecule has 17 heavy (non-hydrogen) atoms. The van der Waals surface area contributed by atoms with Gasteiger partial charge >= 0.3 is 5.97 Å². The Morgan fingerprint density at radius 1 is 1.29 bits per heavy atom. The molecule has 0 aliphatic carbocycles. The summed E-state index contributed by atoms with van der Waals surface area (Å²) in [6, 6.07) is 0.379. The van der Waals surface area contributed by atoms with Gasteiger partial charge in [0, 0.05) is 12.1 Å². The maximum absolute atomic E-state index is 11.0. The highest BCUT2D eigenvalue weighted by atomic mass is 16.6. The van der Waals surface area contributed by atoms with Crippen molar-refractivity contribution >= 4 is 5.97 Å². The van der Waals surface area contributed by atoms with Gasteiger partial charge in [-0.15, -0.1) is 0 Å². The quantitative estimate of drug-likeness (QED) is 0.276. The summed E-state index contributed by atoms with van der Waals surface area (Å²) >= 11 is 0. The minimum Gasteiger partial charge on any atom is -0.444 e. The molecule has 0 saturated heterocycles. The number of rotatable bonds is 10. The molecule has 3 nitrogen and oxygen atoms in total. The normalized spacial score (nSPS) is 14.1. The van der Waals surface area contributed by atoms with Crippen LogP contribution in [0.25, 0.3) is 0 Å². The second kappa shape index (κ2) is 10.3. The van der Waals surface area contributed by atoms with Crippen molar-refractivity contribution in [1.29, 1.82) is 0 Å². The maximum atomic E-state index is 11.0. The number of hydrogen-bond acceptors (Lipinski definition) is 3. The first kappa shape index (κ1) is 16.2. The summed E-state index contributed by atoms with van der Waals surface area (Å²) in [5.74, 6) is -0.375.